The molecular weight excluding hydrogens is 442 g/mol. The molecule has 7 nitrogen and oxygen atoms in total. The van der Waals surface area contributed by atoms with Crippen LogP contribution in [0, 0.1) is 5.92 Å². The molecule has 35 heavy (non-hydrogen) atoms. The third-order valence-corrected chi connectivity index (χ3v) is 6.92. The van der Waals surface area contributed by atoms with Crippen molar-refractivity contribution in [3.63, 3.8) is 0 Å². The van der Waals surface area contributed by atoms with Gasteiger partial charge in [0.25, 0.3) is 0 Å². The zero-order chi connectivity index (χ0) is 25.6. The molecule has 1 aromatic rings. The first-order chi connectivity index (χ1) is 16.6. The topological polar surface area (TPSA) is 87.7 Å². The second kappa shape index (κ2) is 11.9. The van der Waals surface area contributed by atoms with Crippen molar-refractivity contribution in [1.29, 1.82) is 0 Å². The van der Waals surface area contributed by atoms with Crippen molar-refractivity contribution in [1.82, 2.24) is 15.5 Å². The van der Waals surface area contributed by atoms with E-state index in [9.17, 15) is 14.4 Å². The van der Waals surface area contributed by atoms with Crippen LogP contribution in [-0.2, 0) is 14.3 Å². The highest BCUT2D eigenvalue weighted by molar-refractivity contribution is 5.92. The molecule has 2 aliphatic rings. The first-order valence-electron chi connectivity index (χ1n) is 13.2. The molecule has 2 fully saturated rings. The first kappa shape index (κ1) is 27.0. The molecule has 2 N–H and O–H groups in total. The molecule has 0 aliphatic heterocycles. The predicted molar refractivity (Wildman–Crippen MR) is 137 cm³/mol. The molecule has 0 spiro atoms. The fraction of sp³-hybridized carbons (Fsp3) is 0.679. The van der Waals surface area contributed by atoms with E-state index in [2.05, 4.69) is 10.6 Å². The lowest BCUT2D eigenvalue weighted by atomic mass is 9.87. The van der Waals surface area contributed by atoms with Crippen LogP contribution in [0.15, 0.2) is 30.3 Å². The minimum atomic E-state index is -0.792. The Morgan fingerprint density at radius 1 is 0.943 bits per heavy atom. The van der Waals surface area contributed by atoms with Crippen LogP contribution < -0.4 is 10.6 Å². The Balaban J connectivity index is 1.91. The van der Waals surface area contributed by atoms with Gasteiger partial charge in [-0.15, -0.1) is 0 Å². The predicted octanol–water partition coefficient (Wildman–Crippen LogP) is 5.11. The lowest BCUT2D eigenvalue weighted by molar-refractivity contribution is -0.148. The second-order valence-corrected chi connectivity index (χ2v) is 11.4. The summed E-state index contributed by atoms with van der Waals surface area (Å²) in [7, 11) is 0. The van der Waals surface area contributed by atoms with E-state index in [1.807, 2.05) is 44.2 Å². The summed E-state index contributed by atoms with van der Waals surface area (Å²) in [4.78, 5) is 42.3. The standard InChI is InChI=1S/C28H43N3O4/c1-19(2)23(30-27(34)35-28(3,4)5)26(33)31(22-17-12-18-22)24(20-13-8-6-9-14-20)25(32)29-21-15-10-7-11-16-21/h6,8-9,13-14,19,21-24H,7,10-12,15-18H2,1-5H3,(H,29,32)(H,30,34). The fourth-order valence-corrected chi connectivity index (χ4v) is 4.89. The van der Waals surface area contributed by atoms with Gasteiger partial charge < -0.3 is 20.3 Å². The molecule has 2 atom stereocenters. The second-order valence-electron chi connectivity index (χ2n) is 11.4. The molecule has 1 aromatic carbocycles. The van der Waals surface area contributed by atoms with E-state index < -0.39 is 23.8 Å². The molecule has 0 radical (unpaired) electrons. The zero-order valence-corrected chi connectivity index (χ0v) is 22.0. The maximum Gasteiger partial charge on any atom is 0.408 e. The highest BCUT2D eigenvalue weighted by atomic mass is 16.6. The summed E-state index contributed by atoms with van der Waals surface area (Å²) in [6, 6.07) is 8.11. The number of carbonyl (C=O) groups is 3. The van der Waals surface area contributed by atoms with Crippen LogP contribution in [0.4, 0.5) is 4.79 Å². The molecule has 3 amide bonds. The quantitative estimate of drug-likeness (QED) is 0.536. The van der Waals surface area contributed by atoms with E-state index in [1.165, 1.54) is 6.42 Å². The van der Waals surface area contributed by atoms with Crippen molar-refractivity contribution in [2.75, 3.05) is 0 Å². The molecule has 2 unspecified atom stereocenters. The van der Waals surface area contributed by atoms with E-state index >= 15 is 0 Å². The van der Waals surface area contributed by atoms with Gasteiger partial charge in [0.1, 0.15) is 17.7 Å². The average Bonchev–Trinajstić information content (AvgIpc) is 2.75. The van der Waals surface area contributed by atoms with Crippen LogP contribution in [0.25, 0.3) is 0 Å². The Morgan fingerprint density at radius 3 is 2.09 bits per heavy atom. The number of carbonyl (C=O) groups excluding carboxylic acids is 3. The number of hydrogen-bond acceptors (Lipinski definition) is 4. The lowest BCUT2D eigenvalue weighted by Crippen LogP contribution is -2.59. The van der Waals surface area contributed by atoms with Gasteiger partial charge in [0.2, 0.25) is 11.8 Å². The Kier molecular flexibility index (Phi) is 9.20. The molecule has 0 heterocycles. The number of amides is 3. The molecule has 3 rings (SSSR count). The Hall–Kier alpha value is -2.57. The third-order valence-electron chi connectivity index (χ3n) is 6.92. The number of benzene rings is 1. The first-order valence-corrected chi connectivity index (χ1v) is 13.2. The van der Waals surface area contributed by atoms with Crippen molar-refractivity contribution in [3.8, 4) is 0 Å². The van der Waals surface area contributed by atoms with Crippen LogP contribution in [0.5, 0.6) is 0 Å². The smallest absolute Gasteiger partial charge is 0.408 e. The van der Waals surface area contributed by atoms with E-state index in [1.54, 1.807) is 25.7 Å². The molecule has 0 bridgehead atoms. The van der Waals surface area contributed by atoms with Gasteiger partial charge in [-0.05, 0) is 64.4 Å². The van der Waals surface area contributed by atoms with Crippen molar-refractivity contribution in [2.45, 2.75) is 116 Å². The van der Waals surface area contributed by atoms with Gasteiger partial charge in [-0.1, -0.05) is 63.4 Å². The molecule has 194 valence electrons. The van der Waals surface area contributed by atoms with Gasteiger partial charge in [0, 0.05) is 12.1 Å². The largest absolute Gasteiger partial charge is 0.444 e. The maximum absolute atomic E-state index is 14.1. The number of hydrogen-bond donors (Lipinski definition) is 2. The minimum Gasteiger partial charge on any atom is -0.444 e. The minimum absolute atomic E-state index is 0.0356. The molecule has 0 saturated heterocycles. The normalized spacial score (nSPS) is 18.8. The van der Waals surface area contributed by atoms with Crippen molar-refractivity contribution >= 4 is 17.9 Å². The van der Waals surface area contributed by atoms with Crippen molar-refractivity contribution in [3.05, 3.63) is 35.9 Å². The monoisotopic (exact) mass is 485 g/mol. The van der Waals surface area contributed by atoms with Gasteiger partial charge >= 0.3 is 6.09 Å². The lowest BCUT2D eigenvalue weighted by Gasteiger charge is -2.44. The third kappa shape index (κ3) is 7.45. The zero-order valence-electron chi connectivity index (χ0n) is 22.0. The maximum atomic E-state index is 14.1. The van der Waals surface area contributed by atoms with Crippen molar-refractivity contribution < 1.29 is 19.1 Å². The van der Waals surface area contributed by atoms with Gasteiger partial charge in [-0.3, -0.25) is 9.59 Å². The highest BCUT2D eigenvalue weighted by Gasteiger charge is 2.43. The Labute approximate surface area is 210 Å². The molecule has 2 aliphatic carbocycles. The summed E-state index contributed by atoms with van der Waals surface area (Å²) >= 11 is 0. The molecule has 0 aromatic heterocycles. The SMILES string of the molecule is CC(C)C(NC(=O)OC(C)(C)C)C(=O)N(C1CCC1)C(C(=O)NC1CCCCC1)c1ccccc1. The van der Waals surface area contributed by atoms with E-state index in [4.69, 9.17) is 4.74 Å². The number of alkyl carbamates (subject to hydrolysis) is 1. The summed E-state index contributed by atoms with van der Waals surface area (Å²) in [6.07, 6.45) is 7.47. The van der Waals surface area contributed by atoms with Crippen LogP contribution in [0.1, 0.15) is 97.6 Å². The number of nitrogens with one attached hydrogen (secondary N) is 2. The number of ether oxygens (including phenoxy) is 1. The van der Waals surface area contributed by atoms with Crippen LogP contribution in [0.2, 0.25) is 0 Å². The summed E-state index contributed by atoms with van der Waals surface area (Å²) in [5.41, 5.74) is 0.121. The highest BCUT2D eigenvalue weighted by Crippen LogP contribution is 2.34. The summed E-state index contributed by atoms with van der Waals surface area (Å²) in [5.74, 6) is -0.540. The Morgan fingerprint density at radius 2 is 1.57 bits per heavy atom. The summed E-state index contributed by atoms with van der Waals surface area (Å²) < 4.78 is 5.44. The van der Waals surface area contributed by atoms with Gasteiger partial charge in [0.05, 0.1) is 0 Å². The van der Waals surface area contributed by atoms with Crippen molar-refractivity contribution in [2.24, 2.45) is 5.92 Å². The summed E-state index contributed by atoms with van der Waals surface area (Å²) in [5, 5.41) is 6.05. The molecule has 7 heteroatoms. The average molecular weight is 486 g/mol. The molecule has 2 saturated carbocycles. The van der Waals surface area contributed by atoms with Gasteiger partial charge in [-0.25, -0.2) is 4.79 Å². The van der Waals surface area contributed by atoms with Gasteiger partial charge in [0.15, 0.2) is 0 Å². The fourth-order valence-electron chi connectivity index (χ4n) is 4.89. The molecular formula is C28H43N3O4. The van der Waals surface area contributed by atoms with Crippen LogP contribution >= 0.6 is 0 Å². The van der Waals surface area contributed by atoms with Crippen LogP contribution in [-0.4, -0.2) is 46.5 Å². The van der Waals surface area contributed by atoms with Crippen LogP contribution in [0.3, 0.4) is 0 Å². The summed E-state index contributed by atoms with van der Waals surface area (Å²) in [6.45, 7) is 9.18. The van der Waals surface area contributed by atoms with E-state index in [0.29, 0.717) is 0 Å². The number of nitrogens with zero attached hydrogens (tertiary/aromatic N) is 1. The van der Waals surface area contributed by atoms with Gasteiger partial charge in [-0.2, -0.15) is 0 Å². The van der Waals surface area contributed by atoms with E-state index in [-0.39, 0.29) is 29.8 Å². The number of rotatable bonds is 8. The Bertz CT molecular complexity index is 855. The van der Waals surface area contributed by atoms with E-state index in [0.717, 1.165) is 50.5 Å².